The fourth-order valence-electron chi connectivity index (χ4n) is 0.999. The molecule has 0 unspecified atom stereocenters. The summed E-state index contributed by atoms with van der Waals surface area (Å²) in [6, 6.07) is 0.505. The third-order valence-corrected chi connectivity index (χ3v) is 1.66. The van der Waals surface area contributed by atoms with Crippen molar-refractivity contribution in [1.82, 2.24) is 4.98 Å². The van der Waals surface area contributed by atoms with Gasteiger partial charge < -0.3 is 10.8 Å². The molecule has 0 fully saturated rings. The Labute approximate surface area is 82.5 Å². The molecule has 1 aromatic heterocycles. The minimum atomic E-state index is -2.94. The second kappa shape index (κ2) is 4.16. The van der Waals surface area contributed by atoms with Gasteiger partial charge >= 0.3 is 5.97 Å². The van der Waals surface area contributed by atoms with Crippen LogP contribution in [0, 0.1) is 5.82 Å². The average molecular weight is 220 g/mol. The summed E-state index contributed by atoms with van der Waals surface area (Å²) in [4.78, 5) is 13.5. The molecule has 0 aliphatic rings. The van der Waals surface area contributed by atoms with Crippen LogP contribution in [0.1, 0.15) is 17.7 Å². The number of anilines is 1. The standard InChI is InChI=1S/C8H7F3N2O2/c9-4-1-3(7(10)11)8(12)13-5(4)2-6(14)15/h1,7H,2H2,(H2,12,13)(H,14,15). The number of carboxylic acids is 1. The van der Waals surface area contributed by atoms with Gasteiger partial charge in [0.05, 0.1) is 17.7 Å². The molecule has 1 rings (SSSR count). The molecule has 82 valence electrons. The number of pyridine rings is 1. The number of nitrogens with zero attached hydrogens (tertiary/aromatic N) is 1. The number of halogens is 3. The van der Waals surface area contributed by atoms with Gasteiger partial charge in [-0.1, -0.05) is 0 Å². The summed E-state index contributed by atoms with van der Waals surface area (Å²) in [7, 11) is 0. The lowest BCUT2D eigenvalue weighted by Crippen LogP contribution is -2.09. The molecule has 4 nitrogen and oxygen atoms in total. The second-order valence-corrected chi connectivity index (χ2v) is 2.76. The van der Waals surface area contributed by atoms with Crippen molar-refractivity contribution in [1.29, 1.82) is 0 Å². The summed E-state index contributed by atoms with van der Waals surface area (Å²) in [5, 5.41) is 8.37. The van der Waals surface area contributed by atoms with E-state index in [2.05, 4.69) is 4.98 Å². The van der Waals surface area contributed by atoms with E-state index in [1.165, 1.54) is 0 Å². The van der Waals surface area contributed by atoms with Crippen molar-refractivity contribution < 1.29 is 23.1 Å². The normalized spacial score (nSPS) is 10.7. The Balaban J connectivity index is 3.13. The molecule has 0 aliphatic carbocycles. The zero-order valence-corrected chi connectivity index (χ0v) is 7.38. The second-order valence-electron chi connectivity index (χ2n) is 2.76. The van der Waals surface area contributed by atoms with Crippen molar-refractivity contribution in [3.63, 3.8) is 0 Å². The van der Waals surface area contributed by atoms with Crippen LogP contribution >= 0.6 is 0 Å². The van der Waals surface area contributed by atoms with E-state index in [1.807, 2.05) is 0 Å². The molecule has 7 heteroatoms. The van der Waals surface area contributed by atoms with Gasteiger partial charge in [-0.2, -0.15) is 0 Å². The molecule has 0 aliphatic heterocycles. The third-order valence-electron chi connectivity index (χ3n) is 1.66. The highest BCUT2D eigenvalue weighted by atomic mass is 19.3. The highest BCUT2D eigenvalue weighted by Gasteiger charge is 2.17. The summed E-state index contributed by atoms with van der Waals surface area (Å²) in [6.07, 6.45) is -3.63. The van der Waals surface area contributed by atoms with Gasteiger partial charge in [-0.05, 0) is 6.07 Å². The quantitative estimate of drug-likeness (QED) is 0.806. The Hall–Kier alpha value is -1.79. The molecule has 0 aromatic carbocycles. The number of carboxylic acid groups (broad SMARTS) is 1. The first-order valence-corrected chi connectivity index (χ1v) is 3.86. The van der Waals surface area contributed by atoms with E-state index in [0.29, 0.717) is 6.07 Å². The molecular formula is C8H7F3N2O2. The van der Waals surface area contributed by atoms with Gasteiger partial charge in [0, 0.05) is 0 Å². The van der Waals surface area contributed by atoms with Crippen molar-refractivity contribution in [3.8, 4) is 0 Å². The van der Waals surface area contributed by atoms with Crippen LogP contribution in [0.4, 0.5) is 19.0 Å². The maximum Gasteiger partial charge on any atom is 0.309 e. The van der Waals surface area contributed by atoms with Crippen LogP contribution in [0.5, 0.6) is 0 Å². The Kier molecular flexibility index (Phi) is 3.13. The van der Waals surface area contributed by atoms with Crippen molar-refractivity contribution in [3.05, 3.63) is 23.1 Å². The molecule has 0 saturated heterocycles. The van der Waals surface area contributed by atoms with Crippen LogP contribution in [0.2, 0.25) is 0 Å². The number of nitrogen functional groups attached to an aromatic ring is 1. The Bertz CT molecular complexity index is 396. The number of hydrogen-bond acceptors (Lipinski definition) is 3. The van der Waals surface area contributed by atoms with Gasteiger partial charge in [-0.25, -0.2) is 18.2 Å². The number of hydrogen-bond donors (Lipinski definition) is 2. The Morgan fingerprint density at radius 1 is 1.60 bits per heavy atom. The predicted molar refractivity (Wildman–Crippen MR) is 44.9 cm³/mol. The number of aliphatic carboxylic acids is 1. The van der Waals surface area contributed by atoms with Crippen molar-refractivity contribution >= 4 is 11.8 Å². The Morgan fingerprint density at radius 2 is 2.20 bits per heavy atom. The van der Waals surface area contributed by atoms with Gasteiger partial charge in [0.25, 0.3) is 6.43 Å². The molecule has 0 amide bonds. The Morgan fingerprint density at radius 3 is 2.67 bits per heavy atom. The zero-order valence-electron chi connectivity index (χ0n) is 7.38. The minimum Gasteiger partial charge on any atom is -0.481 e. The molecule has 0 bridgehead atoms. The maximum absolute atomic E-state index is 13.0. The predicted octanol–water partition coefficient (Wildman–Crippen LogP) is 1.37. The topological polar surface area (TPSA) is 76.2 Å². The largest absolute Gasteiger partial charge is 0.481 e. The molecule has 0 atom stereocenters. The zero-order chi connectivity index (χ0) is 11.6. The summed E-state index contributed by atoms with van der Waals surface area (Å²) in [5.74, 6) is -2.96. The first kappa shape index (κ1) is 11.3. The third kappa shape index (κ3) is 2.58. The van der Waals surface area contributed by atoms with E-state index in [9.17, 15) is 18.0 Å². The van der Waals surface area contributed by atoms with Gasteiger partial charge in [-0.3, -0.25) is 4.79 Å². The van der Waals surface area contributed by atoms with E-state index in [0.717, 1.165) is 0 Å². The van der Waals surface area contributed by atoms with Crippen LogP contribution in [0.25, 0.3) is 0 Å². The van der Waals surface area contributed by atoms with Crippen LogP contribution in [-0.2, 0) is 11.2 Å². The summed E-state index contributed by atoms with van der Waals surface area (Å²) >= 11 is 0. The monoisotopic (exact) mass is 220 g/mol. The highest BCUT2D eigenvalue weighted by molar-refractivity contribution is 5.69. The molecule has 3 N–H and O–H groups in total. The number of alkyl halides is 2. The average Bonchev–Trinajstić information content (AvgIpc) is 2.09. The minimum absolute atomic E-state index is 0.454. The highest BCUT2D eigenvalue weighted by Crippen LogP contribution is 2.25. The van der Waals surface area contributed by atoms with E-state index in [1.54, 1.807) is 0 Å². The number of rotatable bonds is 3. The number of carbonyl (C=O) groups is 1. The SMILES string of the molecule is Nc1nc(CC(=O)O)c(F)cc1C(F)F. The van der Waals surface area contributed by atoms with Crippen molar-refractivity contribution in [2.24, 2.45) is 0 Å². The van der Waals surface area contributed by atoms with Crippen LogP contribution in [0.15, 0.2) is 6.07 Å². The smallest absolute Gasteiger partial charge is 0.309 e. The van der Waals surface area contributed by atoms with Crippen LogP contribution in [0.3, 0.4) is 0 Å². The molecule has 0 saturated carbocycles. The molecular weight excluding hydrogens is 213 g/mol. The molecule has 15 heavy (non-hydrogen) atoms. The van der Waals surface area contributed by atoms with Gasteiger partial charge in [0.1, 0.15) is 11.6 Å². The summed E-state index contributed by atoms with van der Waals surface area (Å²) < 4.78 is 37.4. The first-order valence-electron chi connectivity index (χ1n) is 3.86. The van der Waals surface area contributed by atoms with E-state index >= 15 is 0 Å². The summed E-state index contributed by atoms with van der Waals surface area (Å²) in [6.45, 7) is 0. The molecule has 1 aromatic rings. The lowest BCUT2D eigenvalue weighted by molar-refractivity contribution is -0.136. The van der Waals surface area contributed by atoms with Gasteiger partial charge in [0.15, 0.2) is 0 Å². The van der Waals surface area contributed by atoms with Crippen LogP contribution in [-0.4, -0.2) is 16.1 Å². The van der Waals surface area contributed by atoms with Crippen molar-refractivity contribution in [2.45, 2.75) is 12.8 Å². The fourth-order valence-corrected chi connectivity index (χ4v) is 0.999. The summed E-state index contributed by atoms with van der Waals surface area (Å²) in [5.41, 5.74) is 3.93. The fraction of sp³-hybridized carbons (Fsp3) is 0.250. The lowest BCUT2D eigenvalue weighted by Gasteiger charge is -2.06. The molecule has 1 heterocycles. The molecule has 0 radical (unpaired) electrons. The van der Waals surface area contributed by atoms with E-state index < -0.39 is 41.7 Å². The van der Waals surface area contributed by atoms with Crippen molar-refractivity contribution in [2.75, 3.05) is 5.73 Å². The maximum atomic E-state index is 13.0. The number of aromatic nitrogens is 1. The van der Waals surface area contributed by atoms with Gasteiger partial charge in [0.2, 0.25) is 0 Å². The molecule has 0 spiro atoms. The number of nitrogens with two attached hydrogens (primary N) is 1. The first-order chi connectivity index (χ1) is 6.91. The van der Waals surface area contributed by atoms with Crippen LogP contribution < -0.4 is 5.73 Å². The lowest BCUT2D eigenvalue weighted by atomic mass is 10.2. The van der Waals surface area contributed by atoms with E-state index in [-0.39, 0.29) is 0 Å². The van der Waals surface area contributed by atoms with Gasteiger partial charge in [-0.15, -0.1) is 0 Å². The van der Waals surface area contributed by atoms with E-state index in [4.69, 9.17) is 10.8 Å².